The number of halogens is 3. The predicted octanol–water partition coefficient (Wildman–Crippen LogP) is 2.27. The number of alkyl halides is 3. The number of hydrogen-bond donors (Lipinski definition) is 0. The van der Waals surface area contributed by atoms with Crippen molar-refractivity contribution in [2.24, 2.45) is 7.05 Å². The molecule has 0 aliphatic heterocycles. The summed E-state index contributed by atoms with van der Waals surface area (Å²) < 4.78 is 39.0. The van der Waals surface area contributed by atoms with E-state index >= 15 is 0 Å². The largest absolute Gasteiger partial charge is 0.416 e. The third-order valence-corrected chi connectivity index (χ3v) is 2.43. The summed E-state index contributed by atoms with van der Waals surface area (Å²) in [7, 11) is 1.47. The standard InChI is InChI=1S/C10H12F3NO/c1-4-7-8(10(11,12)13)5-6(2)14(3)9(7)15/h5H,4H2,1-3H3. The van der Waals surface area contributed by atoms with Crippen LogP contribution in [0, 0.1) is 6.92 Å². The molecule has 0 bridgehead atoms. The van der Waals surface area contributed by atoms with Crippen molar-refractivity contribution in [3.05, 3.63) is 33.2 Å². The van der Waals surface area contributed by atoms with Crippen molar-refractivity contribution >= 4 is 0 Å². The highest BCUT2D eigenvalue weighted by molar-refractivity contribution is 5.30. The Labute approximate surface area is 85.3 Å². The quantitative estimate of drug-likeness (QED) is 0.710. The first-order chi connectivity index (χ1) is 6.79. The van der Waals surface area contributed by atoms with Gasteiger partial charge in [-0.25, -0.2) is 0 Å². The van der Waals surface area contributed by atoms with Crippen molar-refractivity contribution in [3.8, 4) is 0 Å². The predicted molar refractivity (Wildman–Crippen MR) is 50.8 cm³/mol. The molecule has 0 aromatic carbocycles. The Morgan fingerprint density at radius 2 is 1.93 bits per heavy atom. The van der Waals surface area contributed by atoms with E-state index in [1.54, 1.807) is 6.92 Å². The second-order valence-electron chi connectivity index (χ2n) is 3.39. The van der Waals surface area contributed by atoms with Crippen molar-refractivity contribution in [1.82, 2.24) is 4.57 Å². The summed E-state index contributed by atoms with van der Waals surface area (Å²) in [6.07, 6.45) is -4.37. The van der Waals surface area contributed by atoms with Gasteiger partial charge in [-0.15, -0.1) is 0 Å². The van der Waals surface area contributed by atoms with E-state index in [-0.39, 0.29) is 12.0 Å². The van der Waals surface area contributed by atoms with Gasteiger partial charge >= 0.3 is 6.18 Å². The van der Waals surface area contributed by atoms with Crippen LogP contribution in [0.1, 0.15) is 23.7 Å². The van der Waals surface area contributed by atoms with Crippen LogP contribution in [0.3, 0.4) is 0 Å². The molecule has 1 aromatic heterocycles. The Morgan fingerprint density at radius 1 is 1.40 bits per heavy atom. The van der Waals surface area contributed by atoms with Crippen molar-refractivity contribution < 1.29 is 13.2 Å². The van der Waals surface area contributed by atoms with Gasteiger partial charge in [0.05, 0.1) is 5.56 Å². The first-order valence-corrected chi connectivity index (χ1v) is 4.55. The Hall–Kier alpha value is -1.26. The summed E-state index contributed by atoms with van der Waals surface area (Å²) in [5.74, 6) is 0. The maximum absolute atomic E-state index is 12.6. The lowest BCUT2D eigenvalue weighted by Gasteiger charge is -2.14. The van der Waals surface area contributed by atoms with Crippen LogP contribution in [0.5, 0.6) is 0 Å². The van der Waals surface area contributed by atoms with E-state index in [1.165, 1.54) is 18.5 Å². The smallest absolute Gasteiger partial charge is 0.316 e. The molecule has 0 saturated carbocycles. The van der Waals surface area contributed by atoms with Gasteiger partial charge in [-0.05, 0) is 19.4 Å². The highest BCUT2D eigenvalue weighted by atomic mass is 19.4. The zero-order valence-corrected chi connectivity index (χ0v) is 8.77. The topological polar surface area (TPSA) is 22.0 Å². The van der Waals surface area contributed by atoms with Crippen LogP contribution in [-0.4, -0.2) is 4.57 Å². The molecular weight excluding hydrogens is 207 g/mol. The maximum Gasteiger partial charge on any atom is 0.416 e. The monoisotopic (exact) mass is 219 g/mol. The fourth-order valence-corrected chi connectivity index (χ4v) is 1.47. The molecule has 1 aromatic rings. The van der Waals surface area contributed by atoms with E-state index in [1.807, 2.05) is 0 Å². The van der Waals surface area contributed by atoms with Crippen LogP contribution < -0.4 is 5.56 Å². The van der Waals surface area contributed by atoms with Crippen LogP contribution in [0.25, 0.3) is 0 Å². The molecule has 2 nitrogen and oxygen atoms in total. The Morgan fingerprint density at radius 3 is 2.33 bits per heavy atom. The third-order valence-electron chi connectivity index (χ3n) is 2.43. The molecule has 0 saturated heterocycles. The first-order valence-electron chi connectivity index (χ1n) is 4.55. The molecule has 84 valence electrons. The summed E-state index contributed by atoms with van der Waals surface area (Å²) in [5, 5.41) is 0. The van der Waals surface area contributed by atoms with Crippen LogP contribution >= 0.6 is 0 Å². The van der Waals surface area contributed by atoms with Gasteiger partial charge in [0.15, 0.2) is 0 Å². The number of pyridine rings is 1. The molecule has 0 radical (unpaired) electrons. The number of hydrogen-bond acceptors (Lipinski definition) is 1. The van der Waals surface area contributed by atoms with Crippen molar-refractivity contribution in [2.75, 3.05) is 0 Å². The highest BCUT2D eigenvalue weighted by Gasteiger charge is 2.34. The van der Waals surface area contributed by atoms with Crippen LogP contribution in [0.15, 0.2) is 10.9 Å². The van der Waals surface area contributed by atoms with Crippen LogP contribution in [0.2, 0.25) is 0 Å². The number of nitrogens with zero attached hydrogens (tertiary/aromatic N) is 1. The summed E-state index contributed by atoms with van der Waals surface area (Å²) in [6.45, 7) is 3.03. The summed E-state index contributed by atoms with van der Waals surface area (Å²) in [4.78, 5) is 11.6. The molecule has 0 amide bonds. The lowest BCUT2D eigenvalue weighted by molar-refractivity contribution is -0.138. The molecule has 15 heavy (non-hydrogen) atoms. The van der Waals surface area contributed by atoms with Gasteiger partial charge < -0.3 is 4.57 Å². The average Bonchev–Trinajstić information content (AvgIpc) is 2.12. The van der Waals surface area contributed by atoms with Gasteiger partial charge in [0.2, 0.25) is 0 Å². The first kappa shape index (κ1) is 11.8. The molecule has 0 aliphatic carbocycles. The molecule has 0 fully saturated rings. The summed E-state index contributed by atoms with van der Waals surface area (Å²) >= 11 is 0. The number of aromatic nitrogens is 1. The summed E-state index contributed by atoms with van der Waals surface area (Å²) in [6, 6.07) is 1.01. The number of rotatable bonds is 1. The Balaban J connectivity index is 3.61. The molecule has 0 atom stereocenters. The zero-order valence-electron chi connectivity index (χ0n) is 8.77. The maximum atomic E-state index is 12.6. The Bertz CT molecular complexity index is 432. The zero-order chi connectivity index (χ0) is 11.8. The fourth-order valence-electron chi connectivity index (χ4n) is 1.47. The molecule has 0 spiro atoms. The molecular formula is C10H12F3NO. The van der Waals surface area contributed by atoms with E-state index in [4.69, 9.17) is 0 Å². The molecule has 0 N–H and O–H groups in total. The van der Waals surface area contributed by atoms with E-state index < -0.39 is 17.3 Å². The molecule has 5 heteroatoms. The van der Waals surface area contributed by atoms with Crippen LogP contribution in [0.4, 0.5) is 13.2 Å². The van der Waals surface area contributed by atoms with E-state index in [0.29, 0.717) is 5.69 Å². The second-order valence-corrected chi connectivity index (χ2v) is 3.39. The van der Waals surface area contributed by atoms with Gasteiger partial charge in [-0.2, -0.15) is 13.2 Å². The third kappa shape index (κ3) is 2.06. The van der Waals surface area contributed by atoms with E-state index in [9.17, 15) is 18.0 Å². The minimum absolute atomic E-state index is 0.0851. The lowest BCUT2D eigenvalue weighted by atomic mass is 10.1. The minimum atomic E-state index is -4.45. The van der Waals surface area contributed by atoms with Gasteiger partial charge in [-0.1, -0.05) is 6.92 Å². The lowest BCUT2D eigenvalue weighted by Crippen LogP contribution is -2.27. The number of aryl methyl sites for hydroxylation is 1. The van der Waals surface area contributed by atoms with Crippen molar-refractivity contribution in [1.29, 1.82) is 0 Å². The molecule has 1 heterocycles. The van der Waals surface area contributed by atoms with Crippen molar-refractivity contribution in [3.63, 3.8) is 0 Å². The molecule has 0 aliphatic rings. The van der Waals surface area contributed by atoms with Gasteiger partial charge in [-0.3, -0.25) is 4.79 Å². The van der Waals surface area contributed by atoms with E-state index in [0.717, 1.165) is 6.07 Å². The fraction of sp³-hybridized carbons (Fsp3) is 0.500. The normalized spacial score (nSPS) is 11.9. The van der Waals surface area contributed by atoms with Crippen LogP contribution in [-0.2, 0) is 19.6 Å². The SMILES string of the molecule is CCc1c(C(F)(F)F)cc(C)n(C)c1=O. The van der Waals surface area contributed by atoms with E-state index in [2.05, 4.69) is 0 Å². The Kier molecular flexibility index (Phi) is 2.93. The summed E-state index contributed by atoms with van der Waals surface area (Å²) in [5.41, 5.74) is -1.24. The van der Waals surface area contributed by atoms with Crippen molar-refractivity contribution in [2.45, 2.75) is 26.4 Å². The second kappa shape index (κ2) is 3.72. The molecule has 0 unspecified atom stereocenters. The minimum Gasteiger partial charge on any atom is -0.316 e. The van der Waals surface area contributed by atoms with Gasteiger partial charge in [0.25, 0.3) is 5.56 Å². The van der Waals surface area contributed by atoms with Gasteiger partial charge in [0.1, 0.15) is 0 Å². The average molecular weight is 219 g/mol. The molecule has 1 rings (SSSR count). The van der Waals surface area contributed by atoms with Gasteiger partial charge in [0, 0.05) is 18.3 Å². The highest BCUT2D eigenvalue weighted by Crippen LogP contribution is 2.31.